The molecule has 4 heterocycles. The number of likely N-dealkylation sites (tertiary alicyclic amines) is 1. The molecule has 0 bridgehead atoms. The lowest BCUT2D eigenvalue weighted by atomic mass is 9.92. The number of hydrogen-bond donors (Lipinski definition) is 0. The highest BCUT2D eigenvalue weighted by atomic mass is 16.5. The van der Waals surface area contributed by atoms with Gasteiger partial charge >= 0.3 is 0 Å². The van der Waals surface area contributed by atoms with Gasteiger partial charge in [0.05, 0.1) is 5.69 Å². The van der Waals surface area contributed by atoms with Crippen molar-refractivity contribution in [3.63, 3.8) is 0 Å². The summed E-state index contributed by atoms with van der Waals surface area (Å²) in [5.41, 5.74) is 2.94. The van der Waals surface area contributed by atoms with E-state index in [1.165, 1.54) is 0 Å². The maximum Gasteiger partial charge on any atom is 0.276 e. The van der Waals surface area contributed by atoms with E-state index in [4.69, 9.17) is 9.62 Å². The molecule has 8 nitrogen and oxygen atoms in total. The SMILES string of the molecule is CC(C)(C)c1ccc2nnc(C3CCN(C(=O)c4cc(-c5ccccc5)on4)CC3)n2n1. The molecule has 0 N–H and O–H groups in total. The number of carbonyl (C=O) groups excluding carboxylic acids is 1. The zero-order chi connectivity index (χ0) is 22.3. The van der Waals surface area contributed by atoms with Crippen LogP contribution in [0.4, 0.5) is 0 Å². The van der Waals surface area contributed by atoms with E-state index in [9.17, 15) is 4.79 Å². The fourth-order valence-corrected chi connectivity index (χ4v) is 4.08. The minimum Gasteiger partial charge on any atom is -0.355 e. The van der Waals surface area contributed by atoms with Gasteiger partial charge in [0.25, 0.3) is 5.91 Å². The van der Waals surface area contributed by atoms with Gasteiger partial charge in [0, 0.05) is 36.1 Å². The number of amides is 1. The van der Waals surface area contributed by atoms with Crippen molar-refractivity contribution in [2.45, 2.75) is 44.9 Å². The third-order valence-corrected chi connectivity index (χ3v) is 5.99. The molecule has 1 saturated heterocycles. The second kappa shape index (κ2) is 7.85. The van der Waals surface area contributed by atoms with Gasteiger partial charge in [-0.25, -0.2) is 0 Å². The fraction of sp³-hybridized carbons (Fsp3) is 0.375. The number of piperidine rings is 1. The number of fused-ring (bicyclic) bond motifs is 1. The van der Waals surface area contributed by atoms with E-state index in [0.717, 1.165) is 35.6 Å². The van der Waals surface area contributed by atoms with E-state index in [0.29, 0.717) is 24.5 Å². The van der Waals surface area contributed by atoms with Crippen LogP contribution in [-0.2, 0) is 5.41 Å². The Morgan fingerprint density at radius 1 is 1.03 bits per heavy atom. The van der Waals surface area contributed by atoms with Crippen molar-refractivity contribution in [1.82, 2.24) is 29.9 Å². The lowest BCUT2D eigenvalue weighted by Crippen LogP contribution is -2.38. The number of rotatable bonds is 3. The van der Waals surface area contributed by atoms with Gasteiger partial charge in [0.2, 0.25) is 0 Å². The van der Waals surface area contributed by atoms with Crippen molar-refractivity contribution in [2.75, 3.05) is 13.1 Å². The van der Waals surface area contributed by atoms with Gasteiger partial charge in [-0.2, -0.15) is 9.61 Å². The summed E-state index contributed by atoms with van der Waals surface area (Å²) in [6.07, 6.45) is 1.61. The molecule has 1 amide bonds. The second-order valence-corrected chi connectivity index (χ2v) is 9.31. The van der Waals surface area contributed by atoms with Crippen molar-refractivity contribution in [3.8, 4) is 11.3 Å². The molecule has 5 rings (SSSR count). The maximum atomic E-state index is 13.0. The summed E-state index contributed by atoms with van der Waals surface area (Å²) in [6, 6.07) is 15.4. The number of aromatic nitrogens is 5. The van der Waals surface area contributed by atoms with Crippen LogP contribution in [0.3, 0.4) is 0 Å². The average Bonchev–Trinajstić information content (AvgIpc) is 3.46. The molecule has 1 aliphatic rings. The van der Waals surface area contributed by atoms with Crippen LogP contribution < -0.4 is 0 Å². The van der Waals surface area contributed by atoms with E-state index in [1.54, 1.807) is 6.07 Å². The zero-order valence-electron chi connectivity index (χ0n) is 18.5. The Morgan fingerprint density at radius 2 is 1.78 bits per heavy atom. The average molecular weight is 431 g/mol. The van der Waals surface area contributed by atoms with E-state index < -0.39 is 0 Å². The summed E-state index contributed by atoms with van der Waals surface area (Å²) in [5, 5.41) is 17.5. The van der Waals surface area contributed by atoms with Crippen molar-refractivity contribution in [1.29, 1.82) is 0 Å². The molecular formula is C24H26N6O2. The Bertz CT molecular complexity index is 1250. The predicted octanol–water partition coefficient (Wildman–Crippen LogP) is 4.10. The summed E-state index contributed by atoms with van der Waals surface area (Å²) in [5.74, 6) is 1.56. The van der Waals surface area contributed by atoms with E-state index in [1.807, 2.05) is 51.9 Å². The number of nitrogens with zero attached hydrogens (tertiary/aromatic N) is 6. The van der Waals surface area contributed by atoms with Gasteiger partial charge in [0.15, 0.2) is 22.9 Å². The third kappa shape index (κ3) is 3.77. The molecule has 0 saturated carbocycles. The Balaban J connectivity index is 1.29. The summed E-state index contributed by atoms with van der Waals surface area (Å²) >= 11 is 0. The Labute approximate surface area is 186 Å². The largest absolute Gasteiger partial charge is 0.355 e. The highest BCUT2D eigenvalue weighted by molar-refractivity contribution is 5.93. The second-order valence-electron chi connectivity index (χ2n) is 9.31. The van der Waals surface area contributed by atoms with Crippen LogP contribution in [0.1, 0.15) is 61.5 Å². The molecule has 1 fully saturated rings. The van der Waals surface area contributed by atoms with Crippen LogP contribution in [0.5, 0.6) is 0 Å². The summed E-state index contributed by atoms with van der Waals surface area (Å²) < 4.78 is 7.27. The van der Waals surface area contributed by atoms with Crippen molar-refractivity contribution >= 4 is 11.6 Å². The van der Waals surface area contributed by atoms with Gasteiger partial charge in [-0.15, -0.1) is 10.2 Å². The Hall–Kier alpha value is -3.55. The van der Waals surface area contributed by atoms with Gasteiger partial charge in [-0.1, -0.05) is 56.3 Å². The fourth-order valence-electron chi connectivity index (χ4n) is 4.08. The van der Waals surface area contributed by atoms with Gasteiger partial charge in [-0.05, 0) is 25.0 Å². The number of benzene rings is 1. The smallest absolute Gasteiger partial charge is 0.276 e. The highest BCUT2D eigenvalue weighted by Crippen LogP contribution is 2.29. The first kappa shape index (κ1) is 20.4. The van der Waals surface area contributed by atoms with Crippen LogP contribution in [-0.4, -0.2) is 48.9 Å². The van der Waals surface area contributed by atoms with Crippen LogP contribution in [0.15, 0.2) is 53.1 Å². The Morgan fingerprint density at radius 3 is 2.50 bits per heavy atom. The first-order valence-electron chi connectivity index (χ1n) is 10.9. The molecule has 32 heavy (non-hydrogen) atoms. The van der Waals surface area contributed by atoms with Crippen molar-refractivity contribution in [2.24, 2.45) is 0 Å². The lowest BCUT2D eigenvalue weighted by Gasteiger charge is -2.30. The van der Waals surface area contributed by atoms with Gasteiger partial charge in [-0.3, -0.25) is 4.79 Å². The molecule has 0 atom stereocenters. The molecule has 3 aromatic heterocycles. The standard InChI is InChI=1S/C24H26N6O2/c1-24(2,3)20-9-10-21-25-26-22(30(21)27-20)17-11-13-29(14-12-17)23(31)18-15-19(32-28-18)16-7-5-4-6-8-16/h4-10,15,17H,11-14H2,1-3H3. The zero-order valence-corrected chi connectivity index (χ0v) is 18.5. The van der Waals surface area contributed by atoms with Crippen LogP contribution >= 0.6 is 0 Å². The topological polar surface area (TPSA) is 89.4 Å². The minimum atomic E-state index is -0.103. The molecule has 4 aromatic rings. The quantitative estimate of drug-likeness (QED) is 0.486. The van der Waals surface area contributed by atoms with E-state index in [2.05, 4.69) is 36.1 Å². The normalized spacial score (nSPS) is 15.4. The molecule has 8 heteroatoms. The maximum absolute atomic E-state index is 13.0. The molecule has 164 valence electrons. The predicted molar refractivity (Wildman–Crippen MR) is 119 cm³/mol. The summed E-state index contributed by atoms with van der Waals surface area (Å²) in [4.78, 5) is 14.8. The Kier molecular flexibility index (Phi) is 5.00. The molecular weight excluding hydrogens is 404 g/mol. The minimum absolute atomic E-state index is 0.0539. The first-order valence-corrected chi connectivity index (χ1v) is 10.9. The molecule has 0 aliphatic carbocycles. The van der Waals surface area contributed by atoms with E-state index in [-0.39, 0.29) is 17.2 Å². The molecule has 1 aromatic carbocycles. The first-order chi connectivity index (χ1) is 15.4. The van der Waals surface area contributed by atoms with Crippen LogP contribution in [0, 0.1) is 0 Å². The molecule has 1 aliphatic heterocycles. The van der Waals surface area contributed by atoms with Crippen LogP contribution in [0.25, 0.3) is 17.0 Å². The number of carbonyl (C=O) groups is 1. The monoisotopic (exact) mass is 430 g/mol. The van der Waals surface area contributed by atoms with E-state index >= 15 is 0 Å². The van der Waals surface area contributed by atoms with Gasteiger partial charge < -0.3 is 9.42 Å². The molecule has 0 radical (unpaired) electrons. The number of hydrogen-bond acceptors (Lipinski definition) is 6. The van der Waals surface area contributed by atoms with Crippen molar-refractivity contribution < 1.29 is 9.32 Å². The summed E-state index contributed by atoms with van der Waals surface area (Å²) in [7, 11) is 0. The lowest BCUT2D eigenvalue weighted by molar-refractivity contribution is 0.0700. The van der Waals surface area contributed by atoms with Crippen molar-refractivity contribution in [3.05, 3.63) is 65.7 Å². The summed E-state index contributed by atoms with van der Waals surface area (Å²) in [6.45, 7) is 7.68. The van der Waals surface area contributed by atoms with Gasteiger partial charge in [0.1, 0.15) is 0 Å². The van der Waals surface area contributed by atoms with Crippen LogP contribution in [0.2, 0.25) is 0 Å². The highest BCUT2D eigenvalue weighted by Gasteiger charge is 2.29. The molecule has 0 spiro atoms. The third-order valence-electron chi connectivity index (χ3n) is 5.99. The molecule has 0 unspecified atom stereocenters.